The molecule has 11 heteroatoms. The molecule has 6 rings (SSSR count). The Bertz CT molecular complexity index is 911. The van der Waals surface area contributed by atoms with Gasteiger partial charge in [-0.15, -0.1) is 0 Å². The van der Waals surface area contributed by atoms with Gasteiger partial charge in [-0.3, -0.25) is 4.79 Å². The Kier molecular flexibility index (Phi) is 4.97. The zero-order valence-corrected chi connectivity index (χ0v) is 17.3. The first-order chi connectivity index (χ1) is 15.1. The summed E-state index contributed by atoms with van der Waals surface area (Å²) in [5, 5.41) is 12.6. The summed E-state index contributed by atoms with van der Waals surface area (Å²) in [7, 11) is 0. The van der Waals surface area contributed by atoms with E-state index in [9.17, 15) is 27.9 Å². The Morgan fingerprint density at radius 2 is 1.94 bits per heavy atom. The zero-order chi connectivity index (χ0) is 22.7. The number of rotatable bonds is 4. The fourth-order valence-corrected chi connectivity index (χ4v) is 6.44. The average Bonchev–Trinajstić information content (AvgIpc) is 3.18. The largest absolute Gasteiger partial charge is 0.481 e. The number of carboxylic acids is 1. The second kappa shape index (κ2) is 7.48. The lowest BCUT2D eigenvalue weighted by Crippen LogP contribution is -2.57. The van der Waals surface area contributed by atoms with Crippen LogP contribution in [0.5, 0.6) is 0 Å². The SMILES string of the molecule is O=C(OC1C2CC3C[C@@H]1CC(C(=O)O)(C3)C2)N1CCC(Nc2nccc(C(F)(F)F)n2)C1. The van der Waals surface area contributed by atoms with E-state index in [1.165, 1.54) is 0 Å². The van der Waals surface area contributed by atoms with Crippen LogP contribution in [0.3, 0.4) is 0 Å². The number of anilines is 1. The molecular weight excluding hydrogens is 429 g/mol. The van der Waals surface area contributed by atoms with Gasteiger partial charge in [-0.05, 0) is 62.3 Å². The number of ether oxygens (including phenoxy) is 1. The van der Waals surface area contributed by atoms with Gasteiger partial charge < -0.3 is 20.1 Å². The van der Waals surface area contributed by atoms with Crippen LogP contribution >= 0.6 is 0 Å². The molecule has 5 aliphatic rings. The highest BCUT2D eigenvalue weighted by Gasteiger charge is 2.60. The number of carbonyl (C=O) groups is 2. The summed E-state index contributed by atoms with van der Waals surface area (Å²) in [6.07, 6.45) is -0.0104. The molecule has 1 amide bonds. The van der Waals surface area contributed by atoms with Gasteiger partial charge in [0.1, 0.15) is 11.8 Å². The third kappa shape index (κ3) is 3.75. The molecular formula is C21H25F3N4O4. The number of hydrogen-bond donors (Lipinski definition) is 2. The molecule has 174 valence electrons. The molecule has 1 saturated heterocycles. The van der Waals surface area contributed by atoms with E-state index in [0.717, 1.165) is 31.5 Å². The fourth-order valence-electron chi connectivity index (χ4n) is 6.44. The first kappa shape index (κ1) is 21.3. The van der Waals surface area contributed by atoms with Gasteiger partial charge in [0.05, 0.1) is 5.41 Å². The van der Waals surface area contributed by atoms with Crippen molar-refractivity contribution < 1.29 is 32.6 Å². The average molecular weight is 454 g/mol. The molecule has 5 fully saturated rings. The van der Waals surface area contributed by atoms with Crippen molar-refractivity contribution in [2.75, 3.05) is 18.4 Å². The van der Waals surface area contributed by atoms with E-state index in [1.54, 1.807) is 4.90 Å². The van der Waals surface area contributed by atoms with E-state index in [1.807, 2.05) is 0 Å². The van der Waals surface area contributed by atoms with E-state index in [-0.39, 0.29) is 36.5 Å². The number of nitrogens with zero attached hydrogens (tertiary/aromatic N) is 3. The lowest BCUT2D eigenvalue weighted by Gasteiger charge is -2.57. The molecule has 8 nitrogen and oxygen atoms in total. The number of likely N-dealkylation sites (tertiary alicyclic amines) is 1. The van der Waals surface area contributed by atoms with Crippen molar-refractivity contribution in [3.63, 3.8) is 0 Å². The predicted octanol–water partition coefficient (Wildman–Crippen LogP) is 3.40. The van der Waals surface area contributed by atoms with Crippen molar-refractivity contribution in [1.82, 2.24) is 14.9 Å². The lowest BCUT2D eigenvalue weighted by atomic mass is 9.48. The molecule has 4 saturated carbocycles. The molecule has 32 heavy (non-hydrogen) atoms. The molecule has 4 bridgehead atoms. The molecule has 5 unspecified atom stereocenters. The summed E-state index contributed by atoms with van der Waals surface area (Å²) < 4.78 is 44.4. The third-order valence-corrected chi connectivity index (χ3v) is 7.60. The Labute approximate surface area is 182 Å². The minimum absolute atomic E-state index is 0.0799. The number of carboxylic acid groups (broad SMARTS) is 1. The van der Waals surface area contributed by atoms with Gasteiger partial charge in [0.15, 0.2) is 0 Å². The Morgan fingerprint density at radius 3 is 2.59 bits per heavy atom. The molecule has 1 aliphatic heterocycles. The van der Waals surface area contributed by atoms with E-state index >= 15 is 0 Å². The Morgan fingerprint density at radius 1 is 1.22 bits per heavy atom. The Hall–Kier alpha value is -2.59. The van der Waals surface area contributed by atoms with Crippen LogP contribution in [-0.4, -0.2) is 57.3 Å². The summed E-state index contributed by atoms with van der Waals surface area (Å²) >= 11 is 0. The van der Waals surface area contributed by atoms with Crippen molar-refractivity contribution >= 4 is 18.0 Å². The first-order valence-corrected chi connectivity index (χ1v) is 11.0. The highest BCUT2D eigenvalue weighted by atomic mass is 19.4. The summed E-state index contributed by atoms with van der Waals surface area (Å²) in [6, 6.07) is 0.531. The molecule has 4 aliphatic carbocycles. The van der Waals surface area contributed by atoms with Gasteiger partial charge >= 0.3 is 18.2 Å². The van der Waals surface area contributed by atoms with Crippen LogP contribution in [0.4, 0.5) is 23.9 Å². The number of carbonyl (C=O) groups excluding carboxylic acids is 1. The van der Waals surface area contributed by atoms with Gasteiger partial charge in [0.2, 0.25) is 5.95 Å². The maximum atomic E-state index is 12.8. The van der Waals surface area contributed by atoms with Crippen LogP contribution in [0.15, 0.2) is 12.3 Å². The predicted molar refractivity (Wildman–Crippen MR) is 105 cm³/mol. The number of halogens is 3. The smallest absolute Gasteiger partial charge is 0.433 e. The molecule has 6 atom stereocenters. The zero-order valence-electron chi connectivity index (χ0n) is 17.3. The summed E-state index contributed by atoms with van der Waals surface area (Å²) in [5.74, 6) is -0.300. The van der Waals surface area contributed by atoms with Crippen molar-refractivity contribution in [3.8, 4) is 0 Å². The third-order valence-electron chi connectivity index (χ3n) is 7.60. The van der Waals surface area contributed by atoms with E-state index in [4.69, 9.17) is 4.74 Å². The lowest BCUT2D eigenvalue weighted by molar-refractivity contribution is -0.179. The molecule has 2 heterocycles. The maximum Gasteiger partial charge on any atom is 0.433 e. The summed E-state index contributed by atoms with van der Waals surface area (Å²) in [4.78, 5) is 33.6. The number of aliphatic carboxylic acids is 1. The number of amides is 1. The maximum absolute atomic E-state index is 12.8. The molecule has 1 aromatic rings. The summed E-state index contributed by atoms with van der Waals surface area (Å²) in [6.45, 7) is 0.696. The van der Waals surface area contributed by atoms with Gasteiger partial charge in [-0.25, -0.2) is 14.8 Å². The van der Waals surface area contributed by atoms with E-state index < -0.39 is 29.3 Å². The minimum Gasteiger partial charge on any atom is -0.481 e. The summed E-state index contributed by atoms with van der Waals surface area (Å²) in [5.41, 5.74) is -1.68. The van der Waals surface area contributed by atoms with Crippen LogP contribution in [0.2, 0.25) is 0 Å². The van der Waals surface area contributed by atoms with Gasteiger partial charge in [-0.2, -0.15) is 13.2 Å². The topological polar surface area (TPSA) is 105 Å². The first-order valence-electron chi connectivity index (χ1n) is 11.0. The van der Waals surface area contributed by atoms with Crippen LogP contribution in [-0.2, 0) is 15.7 Å². The van der Waals surface area contributed by atoms with Crippen molar-refractivity contribution in [3.05, 3.63) is 18.0 Å². The molecule has 1 aromatic heterocycles. The second-order valence-corrected chi connectivity index (χ2v) is 9.74. The van der Waals surface area contributed by atoms with Crippen molar-refractivity contribution in [2.24, 2.45) is 23.2 Å². The molecule has 0 spiro atoms. The number of alkyl halides is 3. The molecule has 2 N–H and O–H groups in total. The minimum atomic E-state index is -4.55. The van der Waals surface area contributed by atoms with E-state index in [0.29, 0.717) is 31.7 Å². The number of nitrogens with one attached hydrogen (secondary N) is 1. The highest BCUT2D eigenvalue weighted by Crippen LogP contribution is 2.60. The van der Waals surface area contributed by atoms with E-state index in [2.05, 4.69) is 15.3 Å². The van der Waals surface area contributed by atoms with Crippen molar-refractivity contribution in [2.45, 2.75) is 56.8 Å². The number of aromatic nitrogens is 2. The molecule has 0 radical (unpaired) electrons. The van der Waals surface area contributed by atoms with Crippen LogP contribution < -0.4 is 5.32 Å². The van der Waals surface area contributed by atoms with Crippen molar-refractivity contribution in [1.29, 1.82) is 0 Å². The Balaban J connectivity index is 1.18. The normalized spacial score (nSPS) is 35.7. The molecule has 0 aromatic carbocycles. The standard InChI is InChI=1S/C21H25F3N4O4/c22-21(23,24)15-1-3-25-18(27-15)26-14-2-4-28(10-14)19(31)32-16-12-5-11-6-13(16)9-20(7-11,8-12)17(29)30/h1,3,11-14,16H,2,4-10H2,(H,29,30)(H,25,26,27)/t11?,12-,13?,14?,16?,20?/m1/s1. The van der Waals surface area contributed by atoms with Crippen LogP contribution in [0.1, 0.15) is 44.2 Å². The fraction of sp³-hybridized carbons (Fsp3) is 0.714. The number of hydrogen-bond acceptors (Lipinski definition) is 6. The van der Waals surface area contributed by atoms with Gasteiger partial charge in [0.25, 0.3) is 0 Å². The van der Waals surface area contributed by atoms with Crippen LogP contribution in [0, 0.1) is 23.2 Å². The van der Waals surface area contributed by atoms with Gasteiger partial charge in [0, 0.05) is 25.3 Å². The quantitative estimate of drug-likeness (QED) is 0.719. The van der Waals surface area contributed by atoms with Gasteiger partial charge in [-0.1, -0.05) is 0 Å². The van der Waals surface area contributed by atoms with Crippen LogP contribution in [0.25, 0.3) is 0 Å². The monoisotopic (exact) mass is 454 g/mol. The second-order valence-electron chi connectivity index (χ2n) is 9.74. The highest BCUT2D eigenvalue weighted by molar-refractivity contribution is 5.75.